The number of hydrogen-bond acceptors (Lipinski definition) is 5. The van der Waals surface area contributed by atoms with E-state index in [2.05, 4.69) is 480 Å². The number of pyridine rings is 1. The van der Waals surface area contributed by atoms with E-state index in [4.69, 9.17) is 15.0 Å². The predicted molar refractivity (Wildman–Crippen MR) is 596 cm³/mol. The summed E-state index contributed by atoms with van der Waals surface area (Å²) < 4.78 is 14.1. The number of hydrogen-bond donors (Lipinski definition) is 0. The standard InChI is InChI=1S/C50H30N4.C45H27N3.C38H22N4/c1-4-14-31(15-5-1)41-30-42(32-16-6-2-7-17-32)52-50(51-41)54-44-25-13-23-37-39-29-46-40(35-21-10-11-24-43(35)53(46)34-19-8-3-9-20-34)28-38(39)36-22-12-18-33-26-27-45(54)49(47(33)36)48(37)44;1-3-12-28(13-4-1)37-20-11-23-42(46-37)48-39-22-10-19-33-35-27-41-36(31-17-7-8-21-38(31)47(41)30-15-5-2-6-16-30)26-34(35)32-18-9-14-29-24-25-40(48)45(43(29)32)44(33)39;1-2-10-24(11-3-1)41-31-15-5-4-12-25(31)30-21-28-26-13-6-9-23-17-18-33-37(35(23)26)36-27(29(28)22-34(30)41)14-7-16-32(36)42(33)38-39-19-8-20-40-38/h1-30H;1-27H;1-22H. The van der Waals surface area contributed by atoms with E-state index in [0.717, 1.165) is 73.0 Å². The van der Waals surface area contributed by atoms with Gasteiger partial charge in [0.1, 0.15) is 5.82 Å². The molecule has 0 N–H and O–H groups in total. The number of rotatable bonds is 9. The van der Waals surface area contributed by atoms with Crippen LogP contribution in [0.15, 0.2) is 480 Å². The number of para-hydroxylation sites is 6. The molecule has 30 aromatic rings. The molecule has 9 aromatic heterocycles. The lowest BCUT2D eigenvalue weighted by molar-refractivity contribution is 0.989. The van der Waals surface area contributed by atoms with Crippen LogP contribution >= 0.6 is 0 Å². The van der Waals surface area contributed by atoms with Crippen molar-refractivity contribution in [2.75, 3.05) is 0 Å². The molecule has 11 heteroatoms. The van der Waals surface area contributed by atoms with Gasteiger partial charge in [0.15, 0.2) is 0 Å². The molecule has 0 saturated heterocycles. The first kappa shape index (κ1) is 79.6. The van der Waals surface area contributed by atoms with E-state index in [0.29, 0.717) is 11.9 Å². The highest BCUT2D eigenvalue weighted by molar-refractivity contribution is 6.35. The van der Waals surface area contributed by atoms with Crippen molar-refractivity contribution in [3.63, 3.8) is 0 Å². The van der Waals surface area contributed by atoms with Crippen LogP contribution in [0.5, 0.6) is 0 Å². The minimum Gasteiger partial charge on any atom is -0.309 e. The summed E-state index contributed by atoms with van der Waals surface area (Å²) in [6.45, 7) is 0. The van der Waals surface area contributed by atoms with Crippen molar-refractivity contribution in [2.45, 2.75) is 0 Å². The van der Waals surface area contributed by atoms with Crippen molar-refractivity contribution in [2.24, 2.45) is 0 Å². The fourth-order valence-corrected chi connectivity index (χ4v) is 24.5. The zero-order valence-corrected chi connectivity index (χ0v) is 77.5. The lowest BCUT2D eigenvalue weighted by atomic mass is 9.91. The van der Waals surface area contributed by atoms with Gasteiger partial charge in [-0.25, -0.2) is 24.9 Å². The Bertz CT molecular complexity index is 10700. The number of aromatic nitrogens is 11. The van der Waals surface area contributed by atoms with Crippen LogP contribution in [0.2, 0.25) is 0 Å². The van der Waals surface area contributed by atoms with Gasteiger partial charge in [0.25, 0.3) is 0 Å². The van der Waals surface area contributed by atoms with E-state index in [-0.39, 0.29) is 0 Å². The average molecular weight is 1830 g/mol. The van der Waals surface area contributed by atoms with E-state index in [9.17, 15) is 0 Å². The zero-order valence-electron chi connectivity index (χ0n) is 77.5. The minimum atomic E-state index is 0.657. The summed E-state index contributed by atoms with van der Waals surface area (Å²) in [5.41, 5.74) is 38.4. The van der Waals surface area contributed by atoms with Crippen LogP contribution in [0.1, 0.15) is 0 Å². The van der Waals surface area contributed by atoms with E-state index in [1.807, 2.05) is 36.7 Å². The van der Waals surface area contributed by atoms with Crippen molar-refractivity contribution in [1.82, 2.24) is 52.3 Å². The summed E-state index contributed by atoms with van der Waals surface area (Å²) in [5, 5.41) is 22.6. The van der Waals surface area contributed by atoms with Crippen LogP contribution in [-0.2, 0) is 0 Å². The fourth-order valence-electron chi connectivity index (χ4n) is 24.5. The van der Waals surface area contributed by atoms with Crippen LogP contribution in [0.3, 0.4) is 0 Å². The zero-order chi connectivity index (χ0) is 94.0. The third-order valence-electron chi connectivity index (χ3n) is 30.5. The first-order valence-corrected chi connectivity index (χ1v) is 49.2. The van der Waals surface area contributed by atoms with Crippen LogP contribution in [-0.4, -0.2) is 52.3 Å². The van der Waals surface area contributed by atoms with Gasteiger partial charge in [-0.3, -0.25) is 13.7 Å². The molecular formula is C133H79N11. The maximum atomic E-state index is 5.33. The molecule has 21 aromatic carbocycles. The largest absolute Gasteiger partial charge is 0.309 e. The molecule has 0 unspecified atom stereocenters. The lowest BCUT2D eigenvalue weighted by Crippen LogP contribution is -2.04. The second-order valence-electron chi connectivity index (χ2n) is 38.0. The second-order valence-corrected chi connectivity index (χ2v) is 38.0. The Morgan fingerprint density at radius 1 is 0.146 bits per heavy atom. The molecule has 0 atom stereocenters. The highest BCUT2D eigenvalue weighted by Crippen LogP contribution is 2.57. The number of benzene rings is 21. The first-order valence-electron chi connectivity index (χ1n) is 49.2. The van der Waals surface area contributed by atoms with Gasteiger partial charge < -0.3 is 13.7 Å². The molecule has 3 aliphatic carbocycles. The highest BCUT2D eigenvalue weighted by Gasteiger charge is 2.33. The van der Waals surface area contributed by atoms with Gasteiger partial charge in [0.2, 0.25) is 11.9 Å². The third kappa shape index (κ3) is 11.6. The molecule has 0 radical (unpaired) electrons. The third-order valence-corrected chi connectivity index (χ3v) is 30.5. The maximum Gasteiger partial charge on any atom is 0.235 e. The normalized spacial score (nSPS) is 12.2. The first-order chi connectivity index (χ1) is 71.5. The molecule has 144 heavy (non-hydrogen) atoms. The van der Waals surface area contributed by atoms with Gasteiger partial charge in [-0.1, -0.05) is 315 Å². The predicted octanol–water partition coefficient (Wildman–Crippen LogP) is 34.0. The molecule has 666 valence electrons. The lowest BCUT2D eigenvalue weighted by Gasteiger charge is -2.15. The highest BCUT2D eigenvalue weighted by atomic mass is 15.2. The molecule has 0 bridgehead atoms. The molecule has 0 amide bonds. The van der Waals surface area contributed by atoms with E-state index in [1.54, 1.807) is 0 Å². The van der Waals surface area contributed by atoms with Crippen LogP contribution < -0.4 is 0 Å². The summed E-state index contributed by atoms with van der Waals surface area (Å²) in [6, 6.07) is 169. The fraction of sp³-hybridized carbons (Fsp3) is 0. The SMILES string of the molecule is c1ccc(-c2cc(-c3ccccc3)nc(-n3c4cccc5c4c4c6c(cccc6ccc43)-c3cc4c6ccccc6n(-c6ccccc6)c4cc3-5)n2)cc1.c1ccc(-c2cccc(-n3c4cccc5c4c4c6c(cccc6ccc43)-c3cc4c6ccccc6n(-c6ccccc6)c4cc3-5)n2)cc1.c1ccc(-n2c3ccccc3c3cc4c(cc32)-c2cccc3c2c2c5c-4cccc5ccc2n3-c2ncccn2)cc1. The molecular weight excluding hydrogens is 1750 g/mol. The summed E-state index contributed by atoms with van der Waals surface area (Å²) in [6.07, 6.45) is 3.63. The van der Waals surface area contributed by atoms with Gasteiger partial charge in [-0.2, -0.15) is 0 Å². The van der Waals surface area contributed by atoms with Crippen molar-refractivity contribution < 1.29 is 0 Å². The maximum absolute atomic E-state index is 5.33. The van der Waals surface area contributed by atoms with E-state index in [1.165, 1.54) is 214 Å². The Balaban J connectivity index is 0.0000000993. The smallest absolute Gasteiger partial charge is 0.235 e. The Morgan fingerprint density at radius 3 is 0.819 bits per heavy atom. The number of fused-ring (bicyclic) bond motifs is 18. The van der Waals surface area contributed by atoms with Crippen LogP contribution in [0.25, 0.3) is 298 Å². The Hall–Kier alpha value is -19.5. The van der Waals surface area contributed by atoms with Gasteiger partial charge in [0, 0.05) is 111 Å². The summed E-state index contributed by atoms with van der Waals surface area (Å²) in [7, 11) is 0. The van der Waals surface area contributed by atoms with Gasteiger partial charge in [0.05, 0.1) is 83.3 Å². The van der Waals surface area contributed by atoms with Crippen molar-refractivity contribution >= 4 is 163 Å². The van der Waals surface area contributed by atoms with Crippen molar-refractivity contribution in [3.05, 3.63) is 480 Å². The van der Waals surface area contributed by atoms with Gasteiger partial charge in [-0.15, -0.1) is 0 Å². The molecule has 9 heterocycles. The minimum absolute atomic E-state index is 0.657. The summed E-state index contributed by atoms with van der Waals surface area (Å²) >= 11 is 0. The molecule has 0 saturated carbocycles. The van der Waals surface area contributed by atoms with Crippen LogP contribution in [0.4, 0.5) is 0 Å². The van der Waals surface area contributed by atoms with Gasteiger partial charge >= 0.3 is 0 Å². The molecule has 33 rings (SSSR count). The number of nitrogens with zero attached hydrogens (tertiary/aromatic N) is 11. The van der Waals surface area contributed by atoms with Crippen molar-refractivity contribution in [1.29, 1.82) is 0 Å². The van der Waals surface area contributed by atoms with E-state index < -0.39 is 0 Å². The van der Waals surface area contributed by atoms with Crippen LogP contribution in [0, 0.1) is 0 Å². The molecule has 0 aliphatic heterocycles. The molecule has 3 aliphatic rings. The monoisotopic (exact) mass is 1830 g/mol. The van der Waals surface area contributed by atoms with Crippen molar-refractivity contribution in [3.8, 4) is 135 Å². The summed E-state index contributed by atoms with van der Waals surface area (Å²) in [5.74, 6) is 2.27. The van der Waals surface area contributed by atoms with E-state index >= 15 is 0 Å². The topological polar surface area (TPSA) is 94.0 Å². The summed E-state index contributed by atoms with van der Waals surface area (Å²) in [4.78, 5) is 25.3. The Kier molecular flexibility index (Phi) is 17.1. The molecule has 11 nitrogen and oxygen atoms in total. The van der Waals surface area contributed by atoms with Gasteiger partial charge in [-0.05, 0) is 251 Å². The quantitative estimate of drug-likeness (QED) is 0.144. The second kappa shape index (κ2) is 31.0. The average Bonchev–Trinajstić information content (AvgIpc) is 1.54. The Labute approximate surface area is 824 Å². The molecule has 0 spiro atoms. The molecule has 0 fully saturated rings. The Morgan fingerprint density at radius 2 is 0.438 bits per heavy atom.